The maximum atomic E-state index is 12.0. The van der Waals surface area contributed by atoms with Crippen LogP contribution in [0.3, 0.4) is 0 Å². The molecule has 124 valence electrons. The van der Waals surface area contributed by atoms with Crippen LogP contribution < -0.4 is 10.6 Å². The highest BCUT2D eigenvalue weighted by atomic mass is 32.2. The Hall–Kier alpha value is -2.01. The van der Waals surface area contributed by atoms with Crippen LogP contribution in [0.1, 0.15) is 32.1 Å². The lowest BCUT2D eigenvalue weighted by atomic mass is 9.95. The Bertz CT molecular complexity index is 533. The van der Waals surface area contributed by atoms with Crippen molar-refractivity contribution in [2.45, 2.75) is 38.1 Å². The summed E-state index contributed by atoms with van der Waals surface area (Å²) in [5.74, 6) is -0.404. The molecule has 23 heavy (non-hydrogen) atoms. The van der Waals surface area contributed by atoms with Gasteiger partial charge in [0, 0.05) is 25.3 Å². The molecule has 1 heterocycles. The second-order valence-corrected chi connectivity index (χ2v) is 6.46. The van der Waals surface area contributed by atoms with E-state index < -0.39 is 0 Å². The van der Waals surface area contributed by atoms with Gasteiger partial charge in [-0.05, 0) is 12.8 Å². The van der Waals surface area contributed by atoms with Crippen molar-refractivity contribution in [2.24, 2.45) is 0 Å². The molecule has 2 N–H and O–H groups in total. The minimum absolute atomic E-state index is 0.00373. The van der Waals surface area contributed by atoms with Gasteiger partial charge in [-0.25, -0.2) is 0 Å². The lowest BCUT2D eigenvalue weighted by Gasteiger charge is -2.22. The quantitative estimate of drug-likeness (QED) is 0.428. The fourth-order valence-electron chi connectivity index (χ4n) is 2.61. The van der Waals surface area contributed by atoms with E-state index in [1.807, 2.05) is 6.07 Å². The van der Waals surface area contributed by atoms with Crippen molar-refractivity contribution in [3.8, 4) is 6.07 Å². The van der Waals surface area contributed by atoms with Crippen molar-refractivity contribution in [3.63, 3.8) is 0 Å². The highest BCUT2D eigenvalue weighted by molar-refractivity contribution is 8.14. The zero-order valence-electron chi connectivity index (χ0n) is 12.8. The zero-order valence-corrected chi connectivity index (χ0v) is 13.7. The third kappa shape index (κ3) is 4.99. The molecule has 8 heteroatoms. The summed E-state index contributed by atoms with van der Waals surface area (Å²) in [7, 11) is 0. The van der Waals surface area contributed by atoms with E-state index in [0.29, 0.717) is 6.54 Å². The van der Waals surface area contributed by atoms with Crippen LogP contribution in [-0.2, 0) is 9.59 Å². The molecule has 0 bridgehead atoms. The largest absolute Gasteiger partial charge is 0.388 e. The average Bonchev–Trinajstić information content (AvgIpc) is 2.87. The Morgan fingerprint density at radius 2 is 2.09 bits per heavy atom. The Kier molecular flexibility index (Phi) is 6.47. The van der Waals surface area contributed by atoms with E-state index in [0.717, 1.165) is 37.4 Å². The second-order valence-electron chi connectivity index (χ2n) is 5.53. The number of thioether (sulfide) groups is 1. The lowest BCUT2D eigenvalue weighted by molar-refractivity contribution is -0.124. The summed E-state index contributed by atoms with van der Waals surface area (Å²) in [5, 5.41) is 14.5. The monoisotopic (exact) mass is 336 g/mol. The van der Waals surface area contributed by atoms with Gasteiger partial charge in [-0.1, -0.05) is 31.0 Å². The van der Waals surface area contributed by atoms with Crippen molar-refractivity contribution in [1.82, 2.24) is 15.5 Å². The van der Waals surface area contributed by atoms with Gasteiger partial charge in [0.05, 0.1) is 5.75 Å². The molecule has 2 fully saturated rings. The van der Waals surface area contributed by atoms with Crippen LogP contribution in [0, 0.1) is 11.3 Å². The Morgan fingerprint density at radius 3 is 2.70 bits per heavy atom. The molecule has 1 saturated carbocycles. The van der Waals surface area contributed by atoms with Crippen LogP contribution in [0.5, 0.6) is 0 Å². The summed E-state index contributed by atoms with van der Waals surface area (Å²) in [6.45, 7) is 0.532. The van der Waals surface area contributed by atoms with Crippen molar-refractivity contribution >= 4 is 28.8 Å². The van der Waals surface area contributed by atoms with E-state index in [4.69, 9.17) is 5.26 Å². The number of nitrogens with zero attached hydrogens (tertiary/aromatic N) is 2. The van der Waals surface area contributed by atoms with Crippen LogP contribution in [0.15, 0.2) is 11.8 Å². The fraction of sp³-hybridized carbons (Fsp3) is 0.600. The SMILES string of the molecule is N#C/C(=C/NCCN1C(=O)CSC1=O)C(=O)NC1CCCCC1. The molecular weight excluding hydrogens is 316 g/mol. The zero-order chi connectivity index (χ0) is 16.7. The van der Waals surface area contributed by atoms with E-state index in [9.17, 15) is 14.4 Å². The van der Waals surface area contributed by atoms with Gasteiger partial charge >= 0.3 is 0 Å². The molecule has 1 aliphatic carbocycles. The number of nitriles is 1. The van der Waals surface area contributed by atoms with Gasteiger partial charge in [-0.2, -0.15) is 5.26 Å². The first-order chi connectivity index (χ1) is 11.1. The molecule has 0 aromatic carbocycles. The van der Waals surface area contributed by atoms with Gasteiger partial charge in [-0.3, -0.25) is 19.3 Å². The fourth-order valence-corrected chi connectivity index (χ4v) is 3.36. The van der Waals surface area contributed by atoms with Gasteiger partial charge in [0.15, 0.2) is 0 Å². The molecule has 0 atom stereocenters. The van der Waals surface area contributed by atoms with Crippen LogP contribution in [0.25, 0.3) is 0 Å². The standard InChI is InChI=1S/C15H20N4O3S/c16-8-11(14(21)18-12-4-2-1-3-5-12)9-17-6-7-19-13(20)10-23-15(19)22/h9,12,17H,1-7,10H2,(H,18,21)/b11-9-. The number of nitrogens with one attached hydrogen (secondary N) is 2. The third-order valence-corrected chi connectivity index (χ3v) is 4.73. The van der Waals surface area contributed by atoms with Gasteiger partial charge < -0.3 is 10.6 Å². The number of carbonyl (C=O) groups is 3. The predicted molar refractivity (Wildman–Crippen MR) is 86.3 cm³/mol. The molecule has 3 amide bonds. The van der Waals surface area contributed by atoms with Crippen LogP contribution in [0.4, 0.5) is 4.79 Å². The predicted octanol–water partition coefficient (Wildman–Crippen LogP) is 1.13. The summed E-state index contributed by atoms with van der Waals surface area (Å²) in [5.41, 5.74) is 0.00373. The molecule has 0 aromatic heterocycles. The van der Waals surface area contributed by atoms with E-state index in [1.54, 1.807) is 0 Å². The number of amides is 3. The van der Waals surface area contributed by atoms with E-state index in [2.05, 4.69) is 10.6 Å². The van der Waals surface area contributed by atoms with E-state index >= 15 is 0 Å². The number of imide groups is 1. The first-order valence-corrected chi connectivity index (χ1v) is 8.72. The van der Waals surface area contributed by atoms with Crippen molar-refractivity contribution in [3.05, 3.63) is 11.8 Å². The molecule has 0 spiro atoms. The van der Waals surface area contributed by atoms with Crippen LogP contribution >= 0.6 is 11.8 Å². The molecule has 0 aromatic rings. The first kappa shape index (κ1) is 17.3. The molecule has 2 aliphatic rings. The molecule has 1 aliphatic heterocycles. The highest BCUT2D eigenvalue weighted by Gasteiger charge is 2.29. The summed E-state index contributed by atoms with van der Waals surface area (Å²) < 4.78 is 0. The number of hydrogen-bond acceptors (Lipinski definition) is 6. The van der Waals surface area contributed by atoms with Crippen molar-refractivity contribution in [2.75, 3.05) is 18.8 Å². The highest BCUT2D eigenvalue weighted by Crippen LogP contribution is 2.18. The minimum atomic E-state index is -0.379. The summed E-state index contributed by atoms with van der Waals surface area (Å²) in [6.07, 6.45) is 6.65. The minimum Gasteiger partial charge on any atom is -0.388 e. The molecule has 0 radical (unpaired) electrons. The van der Waals surface area contributed by atoms with E-state index in [-0.39, 0.29) is 41.0 Å². The molecule has 7 nitrogen and oxygen atoms in total. The Balaban J connectivity index is 1.77. The number of rotatable bonds is 6. The molecular formula is C15H20N4O3S. The van der Waals surface area contributed by atoms with Crippen molar-refractivity contribution < 1.29 is 14.4 Å². The van der Waals surface area contributed by atoms with Gasteiger partial charge in [-0.15, -0.1) is 0 Å². The average molecular weight is 336 g/mol. The maximum absolute atomic E-state index is 12.0. The normalized spacial score (nSPS) is 19.6. The molecule has 1 saturated heterocycles. The van der Waals surface area contributed by atoms with Crippen LogP contribution in [-0.4, -0.2) is 46.8 Å². The number of carbonyl (C=O) groups excluding carboxylic acids is 3. The first-order valence-electron chi connectivity index (χ1n) is 7.73. The lowest BCUT2D eigenvalue weighted by Crippen LogP contribution is -2.37. The third-order valence-electron chi connectivity index (χ3n) is 3.87. The second kappa shape index (κ2) is 8.58. The Morgan fingerprint density at radius 1 is 1.35 bits per heavy atom. The van der Waals surface area contributed by atoms with Gasteiger partial charge in [0.25, 0.3) is 11.1 Å². The van der Waals surface area contributed by atoms with E-state index in [1.165, 1.54) is 17.5 Å². The smallest absolute Gasteiger partial charge is 0.288 e. The molecule has 0 unspecified atom stereocenters. The summed E-state index contributed by atoms with van der Waals surface area (Å²) in [6, 6.07) is 2.02. The summed E-state index contributed by atoms with van der Waals surface area (Å²) in [4.78, 5) is 36.0. The molecule has 2 rings (SSSR count). The van der Waals surface area contributed by atoms with Crippen molar-refractivity contribution in [1.29, 1.82) is 5.26 Å². The Labute approximate surface area is 139 Å². The summed E-state index contributed by atoms with van der Waals surface area (Å²) >= 11 is 0.984. The number of hydrogen-bond donors (Lipinski definition) is 2. The van der Waals surface area contributed by atoms with Gasteiger partial charge in [0.1, 0.15) is 11.6 Å². The maximum Gasteiger partial charge on any atom is 0.288 e. The van der Waals surface area contributed by atoms with Gasteiger partial charge in [0.2, 0.25) is 5.91 Å². The topological polar surface area (TPSA) is 102 Å². The van der Waals surface area contributed by atoms with Crippen LogP contribution in [0.2, 0.25) is 0 Å².